The van der Waals surface area contributed by atoms with E-state index in [4.69, 9.17) is 4.74 Å². The molecule has 0 bridgehead atoms. The molecule has 8 aromatic rings. The maximum absolute atomic E-state index is 6.91. The van der Waals surface area contributed by atoms with Crippen LogP contribution < -0.4 is 4.74 Å². The second-order valence-electron chi connectivity index (χ2n) is 13.9. The van der Waals surface area contributed by atoms with Gasteiger partial charge in [0.25, 0.3) is 0 Å². The van der Waals surface area contributed by atoms with Crippen LogP contribution in [0.5, 0.6) is 11.5 Å². The van der Waals surface area contributed by atoms with Crippen LogP contribution in [0.15, 0.2) is 194 Å². The van der Waals surface area contributed by atoms with Crippen molar-refractivity contribution >= 4 is 0 Å². The summed E-state index contributed by atoms with van der Waals surface area (Å²) in [6, 6.07) is 71.2. The molecule has 0 amide bonds. The first kappa shape index (κ1) is 28.4. The first-order chi connectivity index (χ1) is 25.3. The lowest BCUT2D eigenvalue weighted by molar-refractivity contribution is 0.435. The molecule has 0 atom stereocenters. The Kier molecular flexibility index (Phi) is 5.86. The van der Waals surface area contributed by atoms with Crippen LogP contribution >= 0.6 is 0 Å². The first-order valence-corrected chi connectivity index (χ1v) is 17.8. The summed E-state index contributed by atoms with van der Waals surface area (Å²) in [7, 11) is 0. The average Bonchev–Trinajstić information content (AvgIpc) is 3.68. The van der Waals surface area contributed by atoms with E-state index in [2.05, 4.69) is 194 Å². The second kappa shape index (κ2) is 10.5. The summed E-state index contributed by atoms with van der Waals surface area (Å²) < 4.78 is 6.91. The van der Waals surface area contributed by atoms with Gasteiger partial charge in [-0.1, -0.05) is 182 Å². The quantitative estimate of drug-likeness (QED) is 0.185. The number of benzene rings is 8. The predicted molar refractivity (Wildman–Crippen MR) is 207 cm³/mol. The highest BCUT2D eigenvalue weighted by atomic mass is 16.5. The van der Waals surface area contributed by atoms with Crippen LogP contribution in [-0.2, 0) is 10.8 Å². The molecule has 11 rings (SSSR count). The minimum absolute atomic E-state index is 0.380. The van der Waals surface area contributed by atoms with Crippen molar-refractivity contribution in [1.82, 2.24) is 0 Å². The Morgan fingerprint density at radius 2 is 0.765 bits per heavy atom. The van der Waals surface area contributed by atoms with E-state index in [1.165, 1.54) is 61.2 Å². The van der Waals surface area contributed by atoms with Crippen LogP contribution in [0.4, 0.5) is 0 Å². The van der Waals surface area contributed by atoms with Gasteiger partial charge in [-0.3, -0.25) is 0 Å². The fourth-order valence-corrected chi connectivity index (χ4v) is 9.76. The van der Waals surface area contributed by atoms with Crippen LogP contribution in [0, 0.1) is 0 Å². The van der Waals surface area contributed by atoms with E-state index in [0.717, 1.165) is 28.2 Å². The van der Waals surface area contributed by atoms with Gasteiger partial charge in [0, 0.05) is 11.1 Å². The molecule has 8 aromatic carbocycles. The molecule has 0 radical (unpaired) electrons. The van der Waals surface area contributed by atoms with Crippen LogP contribution in [0.2, 0.25) is 0 Å². The molecule has 0 saturated carbocycles. The number of para-hydroxylation sites is 1. The van der Waals surface area contributed by atoms with Gasteiger partial charge >= 0.3 is 0 Å². The highest BCUT2D eigenvalue weighted by Gasteiger charge is 2.52. The summed E-state index contributed by atoms with van der Waals surface area (Å²) in [6.45, 7) is 0. The molecule has 0 aromatic heterocycles. The van der Waals surface area contributed by atoms with Crippen molar-refractivity contribution in [3.05, 3.63) is 239 Å². The van der Waals surface area contributed by atoms with Crippen molar-refractivity contribution < 1.29 is 4.74 Å². The molecule has 1 aliphatic heterocycles. The highest BCUT2D eigenvalue weighted by molar-refractivity contribution is 6.00. The monoisotopic (exact) mass is 648 g/mol. The Morgan fingerprint density at radius 1 is 0.294 bits per heavy atom. The minimum atomic E-state index is -0.544. The molecule has 51 heavy (non-hydrogen) atoms. The average molecular weight is 649 g/mol. The van der Waals surface area contributed by atoms with Crippen molar-refractivity contribution in [3.63, 3.8) is 0 Å². The standard InChI is InChI=1S/C50H32O/c1-3-16-34(17-4-1)49(35-18-5-2-6-19-35)43-27-13-14-29-46(43)51-47-32-33(30-31-44(47)49)36-23-15-28-45-48(36)39-22-9-12-26-42(39)50(45)40-24-10-7-20-37(40)38-21-8-11-25-41(38)50/h1-32H. The first-order valence-electron chi connectivity index (χ1n) is 17.8. The van der Waals surface area contributed by atoms with E-state index in [1.54, 1.807) is 0 Å². The summed E-state index contributed by atoms with van der Waals surface area (Å²) in [5.41, 5.74) is 16.8. The molecular weight excluding hydrogens is 617 g/mol. The topological polar surface area (TPSA) is 9.23 Å². The van der Waals surface area contributed by atoms with E-state index in [1.807, 2.05) is 0 Å². The van der Waals surface area contributed by atoms with Gasteiger partial charge in [-0.15, -0.1) is 0 Å². The smallest absolute Gasteiger partial charge is 0.132 e. The molecular formula is C50H32O. The van der Waals surface area contributed by atoms with Gasteiger partial charge in [-0.25, -0.2) is 0 Å². The zero-order valence-corrected chi connectivity index (χ0v) is 27.9. The van der Waals surface area contributed by atoms with E-state index in [9.17, 15) is 0 Å². The number of rotatable bonds is 3. The maximum atomic E-state index is 6.91. The molecule has 0 fully saturated rings. The van der Waals surface area contributed by atoms with E-state index in [-0.39, 0.29) is 5.41 Å². The Balaban J connectivity index is 1.18. The molecule has 3 aliphatic rings. The fraction of sp³-hybridized carbons (Fsp3) is 0.0400. The lowest BCUT2D eigenvalue weighted by Crippen LogP contribution is -2.34. The number of hydrogen-bond donors (Lipinski definition) is 0. The summed E-state index contributed by atoms with van der Waals surface area (Å²) in [4.78, 5) is 0. The van der Waals surface area contributed by atoms with Gasteiger partial charge in [0.2, 0.25) is 0 Å². The molecule has 238 valence electrons. The second-order valence-corrected chi connectivity index (χ2v) is 13.9. The van der Waals surface area contributed by atoms with Crippen molar-refractivity contribution in [2.45, 2.75) is 10.8 Å². The van der Waals surface area contributed by atoms with Gasteiger partial charge in [0.15, 0.2) is 0 Å². The fourth-order valence-electron chi connectivity index (χ4n) is 9.76. The molecule has 0 unspecified atom stereocenters. The zero-order chi connectivity index (χ0) is 33.6. The Morgan fingerprint density at radius 3 is 1.41 bits per heavy atom. The molecule has 1 nitrogen and oxygen atoms in total. The van der Waals surface area contributed by atoms with Crippen molar-refractivity contribution in [3.8, 4) is 44.9 Å². The minimum Gasteiger partial charge on any atom is -0.457 e. The maximum Gasteiger partial charge on any atom is 0.132 e. The Labute approximate surface area is 298 Å². The molecule has 1 heterocycles. The predicted octanol–water partition coefficient (Wildman–Crippen LogP) is 12.2. The van der Waals surface area contributed by atoms with Gasteiger partial charge in [0.1, 0.15) is 11.5 Å². The summed E-state index contributed by atoms with van der Waals surface area (Å²) in [5.74, 6) is 1.77. The van der Waals surface area contributed by atoms with Gasteiger partial charge < -0.3 is 4.74 Å². The Hall–Kier alpha value is -6.44. The molecule has 2 aliphatic carbocycles. The van der Waals surface area contributed by atoms with Crippen LogP contribution in [-0.4, -0.2) is 0 Å². The van der Waals surface area contributed by atoms with Crippen LogP contribution in [0.3, 0.4) is 0 Å². The molecule has 0 N–H and O–H groups in total. The summed E-state index contributed by atoms with van der Waals surface area (Å²) in [5, 5.41) is 0. The van der Waals surface area contributed by atoms with E-state index >= 15 is 0 Å². The molecule has 1 heteroatoms. The third-order valence-electron chi connectivity index (χ3n) is 11.6. The highest BCUT2D eigenvalue weighted by Crippen LogP contribution is 2.64. The number of hydrogen-bond acceptors (Lipinski definition) is 1. The SMILES string of the molecule is c1ccc(C2(c3ccccc3)c3ccccc3Oc3cc(-c4cccc5c4-c4ccccc4C54c5ccccc5-c5ccccc54)ccc32)cc1. The third-order valence-corrected chi connectivity index (χ3v) is 11.6. The Bertz CT molecular complexity index is 2580. The van der Waals surface area contributed by atoms with Crippen LogP contribution in [0.1, 0.15) is 44.5 Å². The van der Waals surface area contributed by atoms with Gasteiger partial charge in [-0.05, 0) is 78.9 Å². The number of ether oxygens (including phenoxy) is 1. The van der Waals surface area contributed by atoms with Crippen LogP contribution in [0.25, 0.3) is 33.4 Å². The van der Waals surface area contributed by atoms with Gasteiger partial charge in [-0.2, -0.15) is 0 Å². The van der Waals surface area contributed by atoms with E-state index in [0.29, 0.717) is 0 Å². The van der Waals surface area contributed by atoms with E-state index < -0.39 is 5.41 Å². The largest absolute Gasteiger partial charge is 0.457 e. The molecule has 0 saturated heterocycles. The third kappa shape index (κ3) is 3.60. The lowest BCUT2D eigenvalue weighted by atomic mass is 9.63. The van der Waals surface area contributed by atoms with Crippen molar-refractivity contribution in [1.29, 1.82) is 0 Å². The van der Waals surface area contributed by atoms with Gasteiger partial charge in [0.05, 0.1) is 10.8 Å². The van der Waals surface area contributed by atoms with Crippen molar-refractivity contribution in [2.24, 2.45) is 0 Å². The summed E-state index contributed by atoms with van der Waals surface area (Å²) in [6.07, 6.45) is 0. The summed E-state index contributed by atoms with van der Waals surface area (Å²) >= 11 is 0. The lowest BCUT2D eigenvalue weighted by Gasteiger charge is -2.41. The van der Waals surface area contributed by atoms with Crippen molar-refractivity contribution in [2.75, 3.05) is 0 Å². The number of fused-ring (bicyclic) bond motifs is 12. The molecule has 1 spiro atoms. The normalized spacial score (nSPS) is 14.7. The zero-order valence-electron chi connectivity index (χ0n) is 27.9.